The molecular formula is C33H25N3O6. The number of rotatable bonds is 2. The van der Waals surface area contributed by atoms with E-state index in [4.69, 9.17) is 15.2 Å². The second-order valence-corrected chi connectivity index (χ2v) is 9.51. The number of nitrogens with zero attached hydrogens (tertiary/aromatic N) is 2. The number of methoxy groups -OCH3 is 2. The molecule has 0 spiro atoms. The van der Waals surface area contributed by atoms with E-state index in [0.717, 1.165) is 5.56 Å². The van der Waals surface area contributed by atoms with E-state index in [9.17, 15) is 19.2 Å². The molecule has 0 bridgehead atoms. The molecule has 208 valence electrons. The monoisotopic (exact) mass is 559 g/mol. The first-order chi connectivity index (χ1) is 20.2. The van der Waals surface area contributed by atoms with Crippen molar-refractivity contribution in [3.8, 4) is 0 Å². The van der Waals surface area contributed by atoms with Gasteiger partial charge in [0.1, 0.15) is 11.0 Å². The lowest BCUT2D eigenvalue weighted by Gasteiger charge is -2.00. The molecule has 4 aromatic carbocycles. The van der Waals surface area contributed by atoms with Gasteiger partial charge in [0.2, 0.25) is 10.9 Å². The highest BCUT2D eigenvalue weighted by molar-refractivity contribution is 6.08. The van der Waals surface area contributed by atoms with Crippen LogP contribution in [0.5, 0.6) is 0 Å². The number of aryl methyl sites for hydroxylation is 1. The fraction of sp³-hybridized carbons (Fsp3) is 0.0909. The Hall–Kier alpha value is -5.70. The third kappa shape index (κ3) is 5.11. The van der Waals surface area contributed by atoms with Crippen LogP contribution in [0.1, 0.15) is 26.3 Å². The fourth-order valence-electron chi connectivity index (χ4n) is 4.80. The normalized spacial score (nSPS) is 10.7. The van der Waals surface area contributed by atoms with Crippen LogP contribution in [0.2, 0.25) is 0 Å². The average molecular weight is 560 g/mol. The summed E-state index contributed by atoms with van der Waals surface area (Å²) in [4.78, 5) is 57.7. The fourth-order valence-corrected chi connectivity index (χ4v) is 4.80. The van der Waals surface area contributed by atoms with Gasteiger partial charge in [-0.2, -0.15) is 0 Å². The lowest BCUT2D eigenvalue weighted by molar-refractivity contribution is 0.0594. The molecular weight excluding hydrogens is 534 g/mol. The molecule has 6 aromatic rings. The lowest BCUT2D eigenvalue weighted by Crippen LogP contribution is -2.02. The van der Waals surface area contributed by atoms with Gasteiger partial charge in [0.25, 0.3) is 0 Å². The van der Waals surface area contributed by atoms with E-state index in [0.29, 0.717) is 54.6 Å². The molecule has 2 aromatic heterocycles. The van der Waals surface area contributed by atoms with Crippen molar-refractivity contribution in [2.45, 2.75) is 6.92 Å². The predicted molar refractivity (Wildman–Crippen MR) is 163 cm³/mol. The minimum atomic E-state index is -0.509. The number of fused-ring (bicyclic) bond motifs is 4. The molecule has 0 fully saturated rings. The summed E-state index contributed by atoms with van der Waals surface area (Å²) in [6, 6.07) is 20.6. The molecule has 0 aliphatic carbocycles. The van der Waals surface area contributed by atoms with Crippen molar-refractivity contribution < 1.29 is 19.1 Å². The van der Waals surface area contributed by atoms with Gasteiger partial charge in [-0.3, -0.25) is 14.6 Å². The molecule has 0 saturated heterocycles. The number of benzene rings is 2. The zero-order valence-corrected chi connectivity index (χ0v) is 23.0. The van der Waals surface area contributed by atoms with Gasteiger partial charge in [-0.05, 0) is 36.8 Å². The minimum absolute atomic E-state index is 0.184. The first-order valence-electron chi connectivity index (χ1n) is 12.8. The Labute approximate surface area is 239 Å². The second kappa shape index (κ2) is 11.4. The first-order valence-corrected chi connectivity index (χ1v) is 12.8. The van der Waals surface area contributed by atoms with Crippen LogP contribution >= 0.6 is 0 Å². The van der Waals surface area contributed by atoms with Crippen molar-refractivity contribution in [3.05, 3.63) is 122 Å². The van der Waals surface area contributed by atoms with Crippen LogP contribution in [-0.4, -0.2) is 36.1 Å². The van der Waals surface area contributed by atoms with Gasteiger partial charge in [0.15, 0.2) is 0 Å². The van der Waals surface area contributed by atoms with E-state index in [1.165, 1.54) is 20.4 Å². The Morgan fingerprint density at radius 2 is 1.07 bits per heavy atom. The molecule has 2 heterocycles. The third-order valence-electron chi connectivity index (χ3n) is 6.76. The van der Waals surface area contributed by atoms with Crippen molar-refractivity contribution in [3.63, 3.8) is 0 Å². The van der Waals surface area contributed by atoms with Crippen molar-refractivity contribution in [1.82, 2.24) is 9.97 Å². The molecule has 0 saturated carbocycles. The van der Waals surface area contributed by atoms with Gasteiger partial charge >= 0.3 is 11.9 Å². The second-order valence-electron chi connectivity index (χ2n) is 9.51. The molecule has 0 amide bonds. The number of hydrogen-bond acceptors (Lipinski definition) is 9. The van der Waals surface area contributed by atoms with Crippen molar-refractivity contribution in [2.75, 3.05) is 20.0 Å². The average Bonchev–Trinajstić information content (AvgIpc) is 3.21. The number of aromatic nitrogens is 2. The van der Waals surface area contributed by atoms with Crippen LogP contribution in [0.25, 0.3) is 43.4 Å². The standard InChI is InChI=1S/C17H13NO3.C16H12N2O3/c1-10-7-11-8-14(17(20)21-2)12-5-3-4-6-13(12)16(19)15(11)18-9-10;1-21-16(20)13-7-9-6-10(17)8-18-14(9)15(19)12-5-3-2-4-11(12)13/h3-9H,1-2H3;2-8H,17H2,1H3. The highest BCUT2D eigenvalue weighted by atomic mass is 16.5. The third-order valence-corrected chi connectivity index (χ3v) is 6.76. The van der Waals surface area contributed by atoms with Crippen molar-refractivity contribution in [1.29, 1.82) is 0 Å². The molecule has 42 heavy (non-hydrogen) atoms. The molecule has 0 unspecified atom stereocenters. The van der Waals surface area contributed by atoms with Crippen LogP contribution in [0, 0.1) is 6.92 Å². The highest BCUT2D eigenvalue weighted by Gasteiger charge is 2.15. The SMILES string of the molecule is COC(=O)c1cc2cc(C)cnc2c(=O)c2ccccc12.COC(=O)c1cc2cc(N)cnc2c(=O)c2ccccc12. The predicted octanol–water partition coefficient (Wildman–Crippen LogP) is 4.96. The van der Waals surface area contributed by atoms with Crippen molar-refractivity contribution >= 4 is 61.0 Å². The van der Waals surface area contributed by atoms with Crippen LogP contribution in [0.4, 0.5) is 5.69 Å². The van der Waals surface area contributed by atoms with Crippen LogP contribution in [0.3, 0.4) is 0 Å². The number of esters is 2. The summed E-state index contributed by atoms with van der Waals surface area (Å²) >= 11 is 0. The number of pyridine rings is 2. The van der Waals surface area contributed by atoms with E-state index in [-0.39, 0.29) is 16.4 Å². The molecule has 9 nitrogen and oxygen atoms in total. The van der Waals surface area contributed by atoms with E-state index in [1.54, 1.807) is 72.9 Å². The summed E-state index contributed by atoms with van der Waals surface area (Å²) in [7, 11) is 2.63. The largest absolute Gasteiger partial charge is 0.465 e. The molecule has 2 N–H and O–H groups in total. The number of nitrogen functional groups attached to an aromatic ring is 1. The van der Waals surface area contributed by atoms with Gasteiger partial charge in [0, 0.05) is 38.5 Å². The summed E-state index contributed by atoms with van der Waals surface area (Å²) in [6.45, 7) is 1.89. The van der Waals surface area contributed by atoms with E-state index < -0.39 is 11.9 Å². The summed E-state index contributed by atoms with van der Waals surface area (Å²) in [6.07, 6.45) is 3.08. The number of hydrogen-bond donors (Lipinski definition) is 1. The van der Waals surface area contributed by atoms with Gasteiger partial charge in [-0.25, -0.2) is 14.6 Å². The maximum Gasteiger partial charge on any atom is 0.338 e. The zero-order valence-electron chi connectivity index (χ0n) is 23.0. The molecule has 0 radical (unpaired) electrons. The van der Waals surface area contributed by atoms with Gasteiger partial charge in [-0.15, -0.1) is 0 Å². The zero-order chi connectivity index (χ0) is 30.0. The van der Waals surface area contributed by atoms with Gasteiger partial charge in [-0.1, -0.05) is 48.5 Å². The number of carbonyl (C=O) groups excluding carboxylic acids is 2. The number of ether oxygens (including phenoxy) is 2. The van der Waals surface area contributed by atoms with Gasteiger partial charge < -0.3 is 15.2 Å². The Kier molecular flexibility index (Phi) is 7.57. The Morgan fingerprint density at radius 1 is 0.643 bits per heavy atom. The van der Waals surface area contributed by atoms with Crippen LogP contribution < -0.4 is 16.6 Å². The Bertz CT molecular complexity index is 2020. The van der Waals surface area contributed by atoms with Crippen molar-refractivity contribution in [2.24, 2.45) is 0 Å². The quantitative estimate of drug-likeness (QED) is 0.292. The molecule has 0 aliphatic rings. The van der Waals surface area contributed by atoms with Gasteiger partial charge in [0.05, 0.1) is 37.2 Å². The van der Waals surface area contributed by atoms with Crippen LogP contribution in [-0.2, 0) is 9.47 Å². The Balaban J connectivity index is 0.000000168. The maximum atomic E-state index is 12.6. The Morgan fingerprint density at radius 3 is 1.55 bits per heavy atom. The molecule has 9 heteroatoms. The summed E-state index contributed by atoms with van der Waals surface area (Å²) in [5.74, 6) is -0.977. The molecule has 0 aliphatic heterocycles. The minimum Gasteiger partial charge on any atom is -0.465 e. The highest BCUT2D eigenvalue weighted by Crippen LogP contribution is 2.22. The summed E-state index contributed by atoms with van der Waals surface area (Å²) in [5.41, 5.74) is 7.95. The molecule has 6 rings (SSSR count). The van der Waals surface area contributed by atoms with E-state index >= 15 is 0 Å². The number of nitrogens with two attached hydrogens (primary N) is 1. The maximum absolute atomic E-state index is 12.6. The van der Waals surface area contributed by atoms with E-state index in [2.05, 4.69) is 9.97 Å². The van der Waals surface area contributed by atoms with Crippen LogP contribution in [0.15, 0.2) is 94.8 Å². The topological polar surface area (TPSA) is 139 Å². The number of anilines is 1. The smallest absolute Gasteiger partial charge is 0.338 e. The lowest BCUT2D eigenvalue weighted by atomic mass is 10.1. The summed E-state index contributed by atoms with van der Waals surface area (Å²) < 4.78 is 9.66. The summed E-state index contributed by atoms with van der Waals surface area (Å²) in [5, 5.41) is 3.14. The van der Waals surface area contributed by atoms with E-state index in [1.807, 2.05) is 13.0 Å². The first kappa shape index (κ1) is 27.9. The molecule has 0 atom stereocenters. The number of carbonyl (C=O) groups is 2.